The van der Waals surface area contributed by atoms with Crippen molar-refractivity contribution in [2.24, 2.45) is 5.73 Å². The lowest BCUT2D eigenvalue weighted by molar-refractivity contribution is 0.172. The highest BCUT2D eigenvalue weighted by atomic mass is 16.5. The van der Waals surface area contributed by atoms with Crippen LogP contribution in [0.25, 0.3) is 0 Å². The van der Waals surface area contributed by atoms with Gasteiger partial charge in [-0.05, 0) is 12.1 Å². The van der Waals surface area contributed by atoms with E-state index in [4.69, 9.17) is 14.9 Å². The van der Waals surface area contributed by atoms with Crippen LogP contribution in [0.5, 0.6) is 0 Å². The second-order valence-corrected chi connectivity index (χ2v) is 2.08. The molecule has 1 aromatic rings. The molecule has 0 bridgehead atoms. The molecule has 0 aliphatic heterocycles. The van der Waals surface area contributed by atoms with Crippen LogP contribution in [0.15, 0.2) is 22.8 Å². The maximum absolute atomic E-state index is 5.63. The van der Waals surface area contributed by atoms with E-state index in [1.165, 1.54) is 0 Å². The van der Waals surface area contributed by atoms with E-state index in [1.807, 2.05) is 12.1 Å². The summed E-state index contributed by atoms with van der Waals surface area (Å²) >= 11 is 0. The number of ether oxygens (including phenoxy) is 1. The highest BCUT2D eigenvalue weighted by Gasteiger charge is 2.06. The Morgan fingerprint density at radius 2 is 2.60 bits per heavy atom. The minimum atomic E-state index is -0.139. The fraction of sp³-hybridized carbons (Fsp3) is 0.429. The van der Waals surface area contributed by atoms with Crippen LogP contribution in [0.3, 0.4) is 0 Å². The van der Waals surface area contributed by atoms with E-state index < -0.39 is 0 Å². The summed E-state index contributed by atoms with van der Waals surface area (Å²) in [6, 6.07) is 3.51. The molecule has 3 nitrogen and oxygen atoms in total. The van der Waals surface area contributed by atoms with Gasteiger partial charge < -0.3 is 14.9 Å². The first-order valence-corrected chi connectivity index (χ1v) is 3.12. The Hall–Kier alpha value is -0.800. The predicted octanol–water partition coefficient (Wildman–Crippen LogP) is 0.926. The second kappa shape index (κ2) is 3.39. The lowest BCUT2D eigenvalue weighted by atomic mass is 10.2. The van der Waals surface area contributed by atoms with Gasteiger partial charge in [0.15, 0.2) is 0 Å². The molecule has 0 aliphatic rings. The minimum absolute atomic E-state index is 0.139. The van der Waals surface area contributed by atoms with E-state index in [0.29, 0.717) is 6.61 Å². The van der Waals surface area contributed by atoms with Crippen LogP contribution in [-0.2, 0) is 4.74 Å². The van der Waals surface area contributed by atoms with Crippen LogP contribution < -0.4 is 5.73 Å². The third-order valence-electron chi connectivity index (χ3n) is 1.25. The third-order valence-corrected chi connectivity index (χ3v) is 1.25. The normalized spacial score (nSPS) is 13.4. The van der Waals surface area contributed by atoms with Gasteiger partial charge in [-0.25, -0.2) is 0 Å². The molecule has 2 N–H and O–H groups in total. The number of nitrogens with two attached hydrogens (primary N) is 1. The molecular weight excluding hydrogens is 130 g/mol. The summed E-state index contributed by atoms with van der Waals surface area (Å²) < 4.78 is 9.89. The van der Waals surface area contributed by atoms with Gasteiger partial charge in [-0.15, -0.1) is 0 Å². The molecule has 3 heteroatoms. The summed E-state index contributed by atoms with van der Waals surface area (Å²) in [7, 11) is 1.61. The molecule has 0 fully saturated rings. The second-order valence-electron chi connectivity index (χ2n) is 2.08. The van der Waals surface area contributed by atoms with E-state index in [-0.39, 0.29) is 6.04 Å². The maximum Gasteiger partial charge on any atom is 0.122 e. The molecule has 1 rings (SSSR count). The molecule has 0 radical (unpaired) electrons. The van der Waals surface area contributed by atoms with Crippen molar-refractivity contribution in [3.8, 4) is 0 Å². The van der Waals surface area contributed by atoms with Crippen molar-refractivity contribution in [2.45, 2.75) is 6.04 Å². The average molecular weight is 141 g/mol. The monoisotopic (exact) mass is 141 g/mol. The maximum atomic E-state index is 5.63. The molecule has 0 aromatic carbocycles. The Labute approximate surface area is 59.8 Å². The molecule has 56 valence electrons. The lowest BCUT2D eigenvalue weighted by Crippen LogP contribution is -2.14. The molecular formula is C7H11NO2. The smallest absolute Gasteiger partial charge is 0.122 e. The highest BCUT2D eigenvalue weighted by Crippen LogP contribution is 2.09. The van der Waals surface area contributed by atoms with E-state index in [2.05, 4.69) is 0 Å². The Morgan fingerprint density at radius 3 is 3.10 bits per heavy atom. The number of hydrogen-bond acceptors (Lipinski definition) is 3. The predicted molar refractivity (Wildman–Crippen MR) is 37.5 cm³/mol. The van der Waals surface area contributed by atoms with E-state index >= 15 is 0 Å². The summed E-state index contributed by atoms with van der Waals surface area (Å²) in [6.45, 7) is 0.494. The Balaban J connectivity index is 2.50. The topological polar surface area (TPSA) is 48.4 Å². The summed E-state index contributed by atoms with van der Waals surface area (Å²) in [5, 5.41) is 0. The van der Waals surface area contributed by atoms with Crippen molar-refractivity contribution in [3.63, 3.8) is 0 Å². The van der Waals surface area contributed by atoms with Crippen LogP contribution in [0.1, 0.15) is 11.8 Å². The molecule has 1 aromatic heterocycles. The molecule has 0 saturated heterocycles. The van der Waals surface area contributed by atoms with Crippen molar-refractivity contribution in [3.05, 3.63) is 24.2 Å². The van der Waals surface area contributed by atoms with Gasteiger partial charge >= 0.3 is 0 Å². The number of hydrogen-bond donors (Lipinski definition) is 1. The van der Waals surface area contributed by atoms with E-state index in [1.54, 1.807) is 13.4 Å². The van der Waals surface area contributed by atoms with Gasteiger partial charge in [0.05, 0.1) is 18.9 Å². The average Bonchev–Trinajstić information content (AvgIpc) is 2.38. The SMILES string of the molecule is COC[C@@H](N)c1ccco1. The molecule has 0 amide bonds. The van der Waals surface area contributed by atoms with Gasteiger partial charge in [0, 0.05) is 7.11 Å². The summed E-state index contributed by atoms with van der Waals surface area (Å²) in [6.07, 6.45) is 1.60. The van der Waals surface area contributed by atoms with Crippen LogP contribution in [0, 0.1) is 0 Å². The minimum Gasteiger partial charge on any atom is -0.468 e. The highest BCUT2D eigenvalue weighted by molar-refractivity contribution is 5.03. The van der Waals surface area contributed by atoms with Crippen LogP contribution >= 0.6 is 0 Å². The Bertz CT molecular complexity index is 172. The first-order chi connectivity index (χ1) is 4.84. The quantitative estimate of drug-likeness (QED) is 0.681. The molecule has 1 heterocycles. The Kier molecular flexibility index (Phi) is 2.48. The molecule has 10 heavy (non-hydrogen) atoms. The van der Waals surface area contributed by atoms with Crippen molar-refractivity contribution in [1.29, 1.82) is 0 Å². The number of furan rings is 1. The summed E-state index contributed by atoms with van der Waals surface area (Å²) in [5.74, 6) is 0.766. The van der Waals surface area contributed by atoms with Gasteiger partial charge in [0.25, 0.3) is 0 Å². The standard InChI is InChI=1S/C7H11NO2/c1-9-5-6(8)7-3-2-4-10-7/h2-4,6H,5,8H2,1H3/t6-/m1/s1. The van der Waals surface area contributed by atoms with Crippen LogP contribution in [-0.4, -0.2) is 13.7 Å². The van der Waals surface area contributed by atoms with Gasteiger partial charge in [0.1, 0.15) is 5.76 Å². The molecule has 1 atom stereocenters. The van der Waals surface area contributed by atoms with Gasteiger partial charge in [-0.3, -0.25) is 0 Å². The third kappa shape index (κ3) is 1.59. The zero-order valence-electron chi connectivity index (χ0n) is 5.91. The van der Waals surface area contributed by atoms with Crippen LogP contribution in [0.4, 0.5) is 0 Å². The van der Waals surface area contributed by atoms with Crippen molar-refractivity contribution < 1.29 is 9.15 Å². The first kappa shape index (κ1) is 7.31. The number of rotatable bonds is 3. The van der Waals surface area contributed by atoms with Gasteiger partial charge in [0.2, 0.25) is 0 Å². The number of methoxy groups -OCH3 is 1. The lowest BCUT2D eigenvalue weighted by Gasteiger charge is -2.05. The fourth-order valence-corrected chi connectivity index (χ4v) is 0.764. The van der Waals surface area contributed by atoms with Crippen LogP contribution in [0.2, 0.25) is 0 Å². The van der Waals surface area contributed by atoms with E-state index in [9.17, 15) is 0 Å². The molecule has 0 spiro atoms. The Morgan fingerprint density at radius 1 is 1.80 bits per heavy atom. The van der Waals surface area contributed by atoms with E-state index in [0.717, 1.165) is 5.76 Å². The van der Waals surface area contributed by atoms with Crippen molar-refractivity contribution in [1.82, 2.24) is 0 Å². The van der Waals surface area contributed by atoms with Crippen molar-refractivity contribution >= 4 is 0 Å². The van der Waals surface area contributed by atoms with Gasteiger partial charge in [-0.2, -0.15) is 0 Å². The zero-order valence-corrected chi connectivity index (χ0v) is 5.91. The molecule has 0 aliphatic carbocycles. The van der Waals surface area contributed by atoms with Gasteiger partial charge in [-0.1, -0.05) is 0 Å². The first-order valence-electron chi connectivity index (χ1n) is 3.12. The van der Waals surface area contributed by atoms with Crippen molar-refractivity contribution in [2.75, 3.05) is 13.7 Å². The fourth-order valence-electron chi connectivity index (χ4n) is 0.764. The summed E-state index contributed by atoms with van der Waals surface area (Å²) in [4.78, 5) is 0. The molecule has 0 unspecified atom stereocenters. The summed E-state index contributed by atoms with van der Waals surface area (Å²) in [5.41, 5.74) is 5.63. The molecule has 0 saturated carbocycles. The zero-order chi connectivity index (χ0) is 7.40. The largest absolute Gasteiger partial charge is 0.468 e.